The largest absolute Gasteiger partial charge is 0.393 e. The molecule has 1 aliphatic rings. The maximum Gasteiger partial charge on any atom is 0.330 e. The van der Waals surface area contributed by atoms with Crippen LogP contribution in [0.1, 0.15) is 25.6 Å². The van der Waals surface area contributed by atoms with Gasteiger partial charge >= 0.3 is 5.69 Å². The maximum atomic E-state index is 11.5. The van der Waals surface area contributed by atoms with E-state index in [1.165, 1.54) is 10.8 Å². The summed E-state index contributed by atoms with van der Waals surface area (Å²) in [6, 6.07) is 0. The van der Waals surface area contributed by atoms with Gasteiger partial charge in [-0.15, -0.1) is 0 Å². The first-order chi connectivity index (χ1) is 8.61. The molecule has 0 saturated carbocycles. The van der Waals surface area contributed by atoms with Gasteiger partial charge < -0.3 is 9.84 Å². The van der Waals surface area contributed by atoms with Gasteiger partial charge in [0.25, 0.3) is 5.56 Å². The minimum atomic E-state index is -0.569. The van der Waals surface area contributed by atoms with Crippen molar-refractivity contribution in [1.29, 1.82) is 0 Å². The molecule has 2 unspecified atom stereocenters. The molecular formula is C12H18N2O4. The summed E-state index contributed by atoms with van der Waals surface area (Å²) in [4.78, 5) is 24.9. The highest BCUT2D eigenvalue weighted by molar-refractivity contribution is 5.06. The summed E-state index contributed by atoms with van der Waals surface area (Å²) >= 11 is 0. The van der Waals surface area contributed by atoms with E-state index < -0.39 is 23.6 Å². The Labute approximate surface area is 105 Å². The summed E-state index contributed by atoms with van der Waals surface area (Å²) in [6.45, 7) is 5.47. The molecule has 6 nitrogen and oxygen atoms in total. The van der Waals surface area contributed by atoms with E-state index in [1.54, 1.807) is 19.1 Å². The number of H-pyrrole nitrogens is 1. The van der Waals surface area contributed by atoms with Gasteiger partial charge in [0.05, 0.1) is 6.61 Å². The molecule has 0 bridgehead atoms. The molecular weight excluding hydrogens is 236 g/mol. The summed E-state index contributed by atoms with van der Waals surface area (Å²) in [5, 5.41) is 8.88. The molecule has 0 aromatic carbocycles. The van der Waals surface area contributed by atoms with Crippen molar-refractivity contribution < 1.29 is 9.84 Å². The number of ether oxygens (including phenoxy) is 1. The van der Waals surface area contributed by atoms with Crippen LogP contribution in [0.3, 0.4) is 0 Å². The van der Waals surface area contributed by atoms with E-state index in [-0.39, 0.29) is 6.61 Å². The van der Waals surface area contributed by atoms with Crippen LogP contribution < -0.4 is 11.2 Å². The molecule has 2 atom stereocenters. The number of aliphatic hydroxyl groups excluding tert-OH is 1. The van der Waals surface area contributed by atoms with Crippen molar-refractivity contribution in [3.63, 3.8) is 0 Å². The van der Waals surface area contributed by atoms with Gasteiger partial charge in [-0.05, 0) is 13.0 Å². The minimum absolute atomic E-state index is 0.135. The number of nitrogens with zero attached hydrogens (tertiary/aromatic N) is 1. The average molecular weight is 254 g/mol. The maximum absolute atomic E-state index is 11.5. The summed E-state index contributed by atoms with van der Waals surface area (Å²) in [7, 11) is 0. The van der Waals surface area contributed by atoms with Crippen LogP contribution in [-0.4, -0.2) is 27.4 Å². The second-order valence-electron chi connectivity index (χ2n) is 3.61. The number of aryl methyl sites for hydroxylation is 1. The SMILES string of the molecule is CC.Cc1cn(C2C=CC(CO)O2)c(=O)[nH]c1=O. The molecule has 0 aliphatic carbocycles. The average Bonchev–Trinajstić information content (AvgIpc) is 2.85. The number of hydrogen-bond acceptors (Lipinski definition) is 4. The van der Waals surface area contributed by atoms with Crippen molar-refractivity contribution in [2.24, 2.45) is 0 Å². The number of aromatic amines is 1. The van der Waals surface area contributed by atoms with E-state index in [9.17, 15) is 9.59 Å². The third-order valence-electron chi connectivity index (χ3n) is 2.40. The molecule has 2 N–H and O–H groups in total. The van der Waals surface area contributed by atoms with Crippen molar-refractivity contribution in [2.45, 2.75) is 33.1 Å². The number of nitrogens with one attached hydrogen (secondary N) is 1. The van der Waals surface area contributed by atoms with Crippen LogP contribution in [-0.2, 0) is 4.74 Å². The number of aliphatic hydroxyl groups is 1. The highest BCUT2D eigenvalue weighted by Crippen LogP contribution is 2.18. The van der Waals surface area contributed by atoms with Crippen molar-refractivity contribution in [3.8, 4) is 0 Å². The number of rotatable bonds is 2. The van der Waals surface area contributed by atoms with Crippen LogP contribution in [0.15, 0.2) is 27.9 Å². The molecule has 1 aliphatic heterocycles. The lowest BCUT2D eigenvalue weighted by atomic mass is 10.3. The summed E-state index contributed by atoms with van der Waals surface area (Å²) in [5.41, 5.74) is -0.491. The summed E-state index contributed by atoms with van der Waals surface area (Å²) < 4.78 is 6.63. The van der Waals surface area contributed by atoms with Gasteiger partial charge in [-0.1, -0.05) is 19.9 Å². The first-order valence-electron chi connectivity index (χ1n) is 5.88. The topological polar surface area (TPSA) is 84.3 Å². The predicted octanol–water partition coefficient (Wildman–Crippen LogP) is 0.317. The molecule has 0 amide bonds. The highest BCUT2D eigenvalue weighted by Gasteiger charge is 2.20. The van der Waals surface area contributed by atoms with E-state index in [4.69, 9.17) is 9.84 Å². The summed E-state index contributed by atoms with van der Waals surface area (Å²) in [6.07, 6.45) is 3.82. The first-order valence-corrected chi connectivity index (χ1v) is 5.88. The monoisotopic (exact) mass is 254 g/mol. The van der Waals surface area contributed by atoms with E-state index in [0.29, 0.717) is 5.56 Å². The molecule has 1 aromatic rings. The van der Waals surface area contributed by atoms with Gasteiger partial charge in [0, 0.05) is 11.8 Å². The standard InChI is InChI=1S/C10H12N2O4.C2H6/c1-6-4-12(10(15)11-9(6)14)8-3-2-7(5-13)16-8;1-2/h2-4,7-8,13H,5H2,1H3,(H,11,14,15);1-2H3. The fourth-order valence-electron chi connectivity index (χ4n) is 1.53. The number of hydrogen-bond donors (Lipinski definition) is 2. The van der Waals surface area contributed by atoms with E-state index in [2.05, 4.69) is 4.98 Å². The fourth-order valence-corrected chi connectivity index (χ4v) is 1.53. The lowest BCUT2D eigenvalue weighted by Crippen LogP contribution is -2.33. The Balaban J connectivity index is 0.000000771. The van der Waals surface area contributed by atoms with E-state index in [1.807, 2.05) is 13.8 Å². The molecule has 6 heteroatoms. The lowest BCUT2D eigenvalue weighted by Gasteiger charge is -2.14. The molecule has 0 radical (unpaired) electrons. The van der Waals surface area contributed by atoms with Crippen molar-refractivity contribution in [2.75, 3.05) is 6.61 Å². The molecule has 1 aromatic heterocycles. The third kappa shape index (κ3) is 2.96. The third-order valence-corrected chi connectivity index (χ3v) is 2.40. The molecule has 0 fully saturated rings. The Morgan fingerprint density at radius 2 is 2.06 bits per heavy atom. The fraction of sp³-hybridized carbons (Fsp3) is 0.500. The van der Waals surface area contributed by atoms with Crippen LogP contribution in [0.5, 0.6) is 0 Å². The molecule has 0 saturated heterocycles. The molecule has 2 rings (SSSR count). The Kier molecular flexibility index (Phi) is 5.06. The first kappa shape index (κ1) is 14.4. The van der Waals surface area contributed by atoms with Gasteiger partial charge in [-0.2, -0.15) is 0 Å². The van der Waals surface area contributed by atoms with Gasteiger partial charge in [0.1, 0.15) is 6.10 Å². The zero-order valence-electron chi connectivity index (χ0n) is 10.7. The molecule has 0 spiro atoms. The van der Waals surface area contributed by atoms with Gasteiger partial charge in [0.2, 0.25) is 0 Å². The van der Waals surface area contributed by atoms with Crippen molar-refractivity contribution in [1.82, 2.24) is 9.55 Å². The van der Waals surface area contributed by atoms with Crippen LogP contribution in [0.2, 0.25) is 0 Å². The second-order valence-corrected chi connectivity index (χ2v) is 3.61. The predicted molar refractivity (Wildman–Crippen MR) is 67.5 cm³/mol. The quantitative estimate of drug-likeness (QED) is 0.744. The smallest absolute Gasteiger partial charge is 0.330 e. The Morgan fingerprint density at radius 1 is 1.39 bits per heavy atom. The van der Waals surface area contributed by atoms with Crippen LogP contribution in [0.25, 0.3) is 0 Å². The van der Waals surface area contributed by atoms with Gasteiger partial charge in [-0.3, -0.25) is 14.3 Å². The summed E-state index contributed by atoms with van der Waals surface area (Å²) in [5.74, 6) is 0. The lowest BCUT2D eigenvalue weighted by molar-refractivity contribution is -0.0104. The Bertz CT molecular complexity index is 530. The zero-order chi connectivity index (χ0) is 13.7. The highest BCUT2D eigenvalue weighted by atomic mass is 16.5. The van der Waals surface area contributed by atoms with Crippen LogP contribution >= 0.6 is 0 Å². The van der Waals surface area contributed by atoms with Crippen molar-refractivity contribution in [3.05, 3.63) is 44.8 Å². The molecule has 18 heavy (non-hydrogen) atoms. The van der Waals surface area contributed by atoms with E-state index >= 15 is 0 Å². The van der Waals surface area contributed by atoms with Crippen LogP contribution in [0.4, 0.5) is 0 Å². The zero-order valence-corrected chi connectivity index (χ0v) is 10.7. The minimum Gasteiger partial charge on any atom is -0.393 e. The molecule has 2 heterocycles. The normalized spacial score (nSPS) is 21.6. The molecule has 100 valence electrons. The Morgan fingerprint density at radius 3 is 2.61 bits per heavy atom. The van der Waals surface area contributed by atoms with E-state index in [0.717, 1.165) is 0 Å². The van der Waals surface area contributed by atoms with Gasteiger partial charge in [0.15, 0.2) is 6.23 Å². The number of aromatic nitrogens is 2. The Hall–Kier alpha value is -1.66. The van der Waals surface area contributed by atoms with Gasteiger partial charge in [-0.25, -0.2) is 4.79 Å². The van der Waals surface area contributed by atoms with Crippen LogP contribution in [0, 0.1) is 6.92 Å². The van der Waals surface area contributed by atoms with Crippen molar-refractivity contribution >= 4 is 0 Å². The second kappa shape index (κ2) is 6.32.